The molecule has 6 heteroatoms. The molecule has 0 heterocycles. The molecule has 0 atom stereocenters. The van der Waals surface area contributed by atoms with Crippen molar-refractivity contribution in [2.24, 2.45) is 0 Å². The van der Waals surface area contributed by atoms with E-state index in [1.54, 1.807) is 25.1 Å². The number of halogens is 3. The van der Waals surface area contributed by atoms with Gasteiger partial charge in [-0.15, -0.1) is 0 Å². The Labute approximate surface area is 131 Å². The third-order valence-corrected chi connectivity index (χ3v) is 3.45. The highest BCUT2D eigenvalue weighted by Gasteiger charge is 2.34. The largest absolute Gasteiger partial charge is 0.496 e. The van der Waals surface area contributed by atoms with Crippen molar-refractivity contribution >= 4 is 5.97 Å². The third-order valence-electron chi connectivity index (χ3n) is 3.45. The van der Waals surface area contributed by atoms with Crippen molar-refractivity contribution in [2.45, 2.75) is 13.1 Å². The predicted molar refractivity (Wildman–Crippen MR) is 79.5 cm³/mol. The van der Waals surface area contributed by atoms with Crippen LogP contribution in [0.3, 0.4) is 0 Å². The van der Waals surface area contributed by atoms with Crippen LogP contribution in [-0.4, -0.2) is 20.2 Å². The average molecular weight is 324 g/mol. The van der Waals surface area contributed by atoms with E-state index in [2.05, 4.69) is 4.74 Å². The minimum absolute atomic E-state index is 0.00379. The van der Waals surface area contributed by atoms with E-state index in [-0.39, 0.29) is 11.1 Å². The fourth-order valence-electron chi connectivity index (χ4n) is 2.32. The lowest BCUT2D eigenvalue weighted by Crippen LogP contribution is -2.10. The number of carbonyl (C=O) groups is 1. The first kappa shape index (κ1) is 16.9. The number of hydrogen-bond donors (Lipinski definition) is 0. The lowest BCUT2D eigenvalue weighted by molar-refractivity contribution is -0.137. The van der Waals surface area contributed by atoms with Crippen LogP contribution in [0.1, 0.15) is 21.5 Å². The van der Waals surface area contributed by atoms with Gasteiger partial charge >= 0.3 is 12.1 Å². The number of esters is 1. The first-order valence-electron chi connectivity index (χ1n) is 6.72. The minimum atomic E-state index is -4.59. The van der Waals surface area contributed by atoms with Gasteiger partial charge in [0.1, 0.15) is 5.75 Å². The molecule has 0 bridgehead atoms. The fraction of sp³-hybridized carbons (Fsp3) is 0.235. The Kier molecular flexibility index (Phi) is 4.63. The second-order valence-corrected chi connectivity index (χ2v) is 4.93. The van der Waals surface area contributed by atoms with Gasteiger partial charge in [-0.05, 0) is 47.9 Å². The van der Waals surface area contributed by atoms with Crippen molar-refractivity contribution in [3.63, 3.8) is 0 Å². The van der Waals surface area contributed by atoms with Gasteiger partial charge in [-0.3, -0.25) is 0 Å². The quantitative estimate of drug-likeness (QED) is 0.781. The number of benzene rings is 2. The van der Waals surface area contributed by atoms with E-state index in [1.165, 1.54) is 19.2 Å². The summed E-state index contributed by atoms with van der Waals surface area (Å²) in [6.45, 7) is 1.75. The fourth-order valence-corrected chi connectivity index (χ4v) is 2.32. The number of carbonyl (C=O) groups excluding carboxylic acids is 1. The second kappa shape index (κ2) is 6.32. The standard InChI is InChI=1S/C17H15F3O3/c1-10-8-11(5-7-15(10)22-2)13-6-4-12(16(21)23-3)9-14(13)17(18,19)20/h4-9H,1-3H3. The first-order chi connectivity index (χ1) is 10.8. The topological polar surface area (TPSA) is 35.5 Å². The number of rotatable bonds is 3. The highest BCUT2D eigenvalue weighted by Crippen LogP contribution is 2.38. The van der Waals surface area contributed by atoms with Crippen LogP contribution in [0.2, 0.25) is 0 Å². The van der Waals surface area contributed by atoms with E-state index in [0.717, 1.165) is 18.7 Å². The van der Waals surface area contributed by atoms with Gasteiger partial charge in [-0.1, -0.05) is 12.1 Å². The zero-order chi connectivity index (χ0) is 17.2. The van der Waals surface area contributed by atoms with Crippen LogP contribution in [0.25, 0.3) is 11.1 Å². The van der Waals surface area contributed by atoms with Gasteiger partial charge in [-0.2, -0.15) is 13.2 Å². The second-order valence-electron chi connectivity index (χ2n) is 4.93. The minimum Gasteiger partial charge on any atom is -0.496 e. The van der Waals surface area contributed by atoms with Gasteiger partial charge in [-0.25, -0.2) is 4.79 Å². The van der Waals surface area contributed by atoms with E-state index < -0.39 is 17.7 Å². The molecule has 2 aromatic rings. The summed E-state index contributed by atoms with van der Waals surface area (Å²) in [6, 6.07) is 8.17. The molecule has 2 rings (SSSR count). The summed E-state index contributed by atoms with van der Waals surface area (Å²) in [5.74, 6) is -0.221. The molecule has 0 unspecified atom stereocenters. The molecule has 2 aromatic carbocycles. The molecule has 0 saturated heterocycles. The van der Waals surface area contributed by atoms with Crippen molar-refractivity contribution in [1.82, 2.24) is 0 Å². The normalized spacial score (nSPS) is 11.2. The number of ether oxygens (including phenoxy) is 2. The average Bonchev–Trinajstić information content (AvgIpc) is 2.52. The molecule has 0 amide bonds. The lowest BCUT2D eigenvalue weighted by Gasteiger charge is -2.15. The third kappa shape index (κ3) is 3.47. The number of methoxy groups -OCH3 is 2. The maximum Gasteiger partial charge on any atom is 0.417 e. The summed E-state index contributed by atoms with van der Waals surface area (Å²) in [5.41, 5.74) is 0.0805. The number of aryl methyl sites for hydroxylation is 1. The molecule has 3 nitrogen and oxygen atoms in total. The molecular formula is C17H15F3O3. The summed E-state index contributed by atoms with van der Waals surface area (Å²) in [5, 5.41) is 0. The highest BCUT2D eigenvalue weighted by molar-refractivity contribution is 5.90. The summed E-state index contributed by atoms with van der Waals surface area (Å²) >= 11 is 0. The Hall–Kier alpha value is -2.50. The van der Waals surface area contributed by atoms with E-state index in [9.17, 15) is 18.0 Å². The van der Waals surface area contributed by atoms with Crippen LogP contribution < -0.4 is 4.74 Å². The summed E-state index contributed by atoms with van der Waals surface area (Å²) in [4.78, 5) is 11.5. The van der Waals surface area contributed by atoms with Gasteiger partial charge in [0.25, 0.3) is 0 Å². The molecule has 0 N–H and O–H groups in total. The van der Waals surface area contributed by atoms with Crippen molar-refractivity contribution in [2.75, 3.05) is 14.2 Å². The van der Waals surface area contributed by atoms with Crippen LogP contribution in [0.4, 0.5) is 13.2 Å². The first-order valence-corrected chi connectivity index (χ1v) is 6.72. The van der Waals surface area contributed by atoms with Crippen molar-refractivity contribution in [1.29, 1.82) is 0 Å². The summed E-state index contributed by atoms with van der Waals surface area (Å²) in [7, 11) is 2.62. The Bertz CT molecular complexity index is 736. The van der Waals surface area contributed by atoms with Crippen molar-refractivity contribution in [3.8, 4) is 16.9 Å². The molecule has 0 aromatic heterocycles. The van der Waals surface area contributed by atoms with E-state index in [4.69, 9.17) is 4.74 Å². The maximum absolute atomic E-state index is 13.4. The van der Waals surface area contributed by atoms with E-state index in [1.807, 2.05) is 0 Å². The molecule has 0 aliphatic rings. The molecule has 0 fully saturated rings. The zero-order valence-electron chi connectivity index (χ0n) is 12.8. The molecule has 122 valence electrons. The molecule has 0 aliphatic carbocycles. The van der Waals surface area contributed by atoms with Crippen LogP contribution in [0.15, 0.2) is 36.4 Å². The molecular weight excluding hydrogens is 309 g/mol. The van der Waals surface area contributed by atoms with E-state index >= 15 is 0 Å². The molecule has 0 spiro atoms. The van der Waals surface area contributed by atoms with Gasteiger partial charge < -0.3 is 9.47 Å². The zero-order valence-corrected chi connectivity index (χ0v) is 12.8. The van der Waals surface area contributed by atoms with Gasteiger partial charge in [0.05, 0.1) is 25.3 Å². The molecule has 0 radical (unpaired) electrons. The van der Waals surface area contributed by atoms with Gasteiger partial charge in [0.15, 0.2) is 0 Å². The Morgan fingerprint density at radius 2 is 1.74 bits per heavy atom. The van der Waals surface area contributed by atoms with Crippen LogP contribution in [0, 0.1) is 6.92 Å². The molecule has 23 heavy (non-hydrogen) atoms. The summed E-state index contributed by atoms with van der Waals surface area (Å²) < 4.78 is 49.6. The lowest BCUT2D eigenvalue weighted by atomic mass is 9.95. The van der Waals surface area contributed by atoms with Crippen LogP contribution >= 0.6 is 0 Å². The predicted octanol–water partition coefficient (Wildman–Crippen LogP) is 4.48. The number of hydrogen-bond acceptors (Lipinski definition) is 3. The van der Waals surface area contributed by atoms with Crippen molar-refractivity contribution < 1.29 is 27.4 Å². The van der Waals surface area contributed by atoms with Crippen LogP contribution in [0.5, 0.6) is 5.75 Å². The SMILES string of the molecule is COC(=O)c1ccc(-c2ccc(OC)c(C)c2)c(C(F)(F)F)c1. The van der Waals surface area contributed by atoms with Crippen LogP contribution in [-0.2, 0) is 10.9 Å². The Morgan fingerprint density at radius 1 is 1.04 bits per heavy atom. The summed E-state index contributed by atoms with van der Waals surface area (Å²) in [6.07, 6.45) is -4.59. The highest BCUT2D eigenvalue weighted by atomic mass is 19.4. The van der Waals surface area contributed by atoms with Crippen molar-refractivity contribution in [3.05, 3.63) is 53.1 Å². The Morgan fingerprint density at radius 3 is 2.26 bits per heavy atom. The molecule has 0 aliphatic heterocycles. The monoisotopic (exact) mass is 324 g/mol. The van der Waals surface area contributed by atoms with E-state index in [0.29, 0.717) is 11.3 Å². The number of alkyl halides is 3. The van der Waals surface area contributed by atoms with Gasteiger partial charge in [0, 0.05) is 0 Å². The Balaban J connectivity index is 2.62. The maximum atomic E-state index is 13.4. The molecule has 0 saturated carbocycles. The smallest absolute Gasteiger partial charge is 0.417 e. The van der Waals surface area contributed by atoms with Gasteiger partial charge in [0.2, 0.25) is 0 Å².